The Morgan fingerprint density at radius 3 is 2.12 bits per heavy atom. The predicted octanol–water partition coefficient (Wildman–Crippen LogP) is 2.52. The van der Waals surface area contributed by atoms with Gasteiger partial charge in [0, 0.05) is 6.04 Å². The zero-order valence-electron chi connectivity index (χ0n) is 11.2. The lowest BCUT2D eigenvalue weighted by molar-refractivity contribution is -0.143. The maximum absolute atomic E-state index is 11.8. The Labute approximate surface area is 103 Å². The van der Waals surface area contributed by atoms with Crippen LogP contribution < -0.4 is 5.32 Å². The van der Waals surface area contributed by atoms with Gasteiger partial charge in [-0.15, -0.1) is 0 Å². The van der Waals surface area contributed by atoms with Crippen molar-refractivity contribution >= 4 is 5.97 Å². The third kappa shape index (κ3) is 3.86. The van der Waals surface area contributed by atoms with Crippen molar-refractivity contribution in [1.82, 2.24) is 5.32 Å². The molecular formula is C14H21NO2. The van der Waals surface area contributed by atoms with E-state index in [9.17, 15) is 4.79 Å². The number of hydrogen-bond donors (Lipinski definition) is 1. The first-order valence-electron chi connectivity index (χ1n) is 5.86. The second-order valence-corrected chi connectivity index (χ2v) is 4.70. The van der Waals surface area contributed by atoms with Crippen LogP contribution in [0.2, 0.25) is 0 Å². The first kappa shape index (κ1) is 13.7. The van der Waals surface area contributed by atoms with Crippen LogP contribution in [-0.2, 0) is 9.53 Å². The van der Waals surface area contributed by atoms with Crippen molar-refractivity contribution < 1.29 is 9.53 Å². The second kappa shape index (κ2) is 5.82. The highest BCUT2D eigenvalue weighted by molar-refractivity contribution is 5.77. The zero-order chi connectivity index (χ0) is 13.0. The van der Waals surface area contributed by atoms with Crippen LogP contribution in [-0.4, -0.2) is 19.1 Å². The summed E-state index contributed by atoms with van der Waals surface area (Å²) in [4.78, 5) is 11.8. The molecule has 0 radical (unpaired) electrons. The molecule has 0 bridgehead atoms. The van der Waals surface area contributed by atoms with E-state index >= 15 is 0 Å². The van der Waals surface area contributed by atoms with E-state index in [2.05, 4.69) is 11.4 Å². The van der Waals surface area contributed by atoms with Crippen molar-refractivity contribution in [3.63, 3.8) is 0 Å². The Morgan fingerprint density at radius 2 is 1.71 bits per heavy atom. The lowest BCUT2D eigenvalue weighted by Crippen LogP contribution is -2.34. The first-order chi connectivity index (χ1) is 7.93. The molecule has 0 aromatic heterocycles. The quantitative estimate of drug-likeness (QED) is 0.815. The van der Waals surface area contributed by atoms with Crippen LogP contribution in [0, 0.1) is 13.8 Å². The summed E-state index contributed by atoms with van der Waals surface area (Å²) in [5, 5.41) is 3.23. The van der Waals surface area contributed by atoms with Crippen molar-refractivity contribution in [2.24, 2.45) is 0 Å². The Bertz CT molecular complexity index is 379. The number of benzene rings is 1. The molecule has 0 amide bonds. The van der Waals surface area contributed by atoms with E-state index in [0.717, 1.165) is 16.7 Å². The summed E-state index contributed by atoms with van der Waals surface area (Å²) >= 11 is 0. The maximum atomic E-state index is 11.8. The van der Waals surface area contributed by atoms with Crippen LogP contribution in [0.3, 0.4) is 0 Å². The van der Waals surface area contributed by atoms with Gasteiger partial charge in [-0.2, -0.15) is 0 Å². The third-order valence-electron chi connectivity index (χ3n) is 2.51. The molecule has 0 aliphatic rings. The summed E-state index contributed by atoms with van der Waals surface area (Å²) in [6.07, 6.45) is 0. The van der Waals surface area contributed by atoms with Crippen LogP contribution in [0.4, 0.5) is 0 Å². The summed E-state index contributed by atoms with van der Waals surface area (Å²) in [5.74, 6) is -0.247. The lowest BCUT2D eigenvalue weighted by atomic mass is 10.0. The standard InChI is InChI=1S/C14H21NO2/c1-9(2)15-13(14(16)17-5)12-7-10(3)6-11(4)8-12/h6-9,13,15H,1-5H3. The third-order valence-corrected chi connectivity index (χ3v) is 2.51. The van der Waals surface area contributed by atoms with Gasteiger partial charge >= 0.3 is 5.97 Å². The molecule has 1 aromatic carbocycles. The Balaban J connectivity index is 3.07. The van der Waals surface area contributed by atoms with E-state index in [1.165, 1.54) is 7.11 Å². The molecule has 17 heavy (non-hydrogen) atoms. The van der Waals surface area contributed by atoms with Crippen molar-refractivity contribution in [1.29, 1.82) is 0 Å². The fraction of sp³-hybridized carbons (Fsp3) is 0.500. The fourth-order valence-electron chi connectivity index (χ4n) is 1.93. The summed E-state index contributed by atoms with van der Waals surface area (Å²) in [6, 6.07) is 5.96. The van der Waals surface area contributed by atoms with Crippen molar-refractivity contribution in [2.75, 3.05) is 7.11 Å². The maximum Gasteiger partial charge on any atom is 0.327 e. The van der Waals surface area contributed by atoms with Gasteiger partial charge in [0.05, 0.1) is 7.11 Å². The zero-order valence-corrected chi connectivity index (χ0v) is 11.2. The van der Waals surface area contributed by atoms with E-state index in [1.807, 2.05) is 39.8 Å². The number of carbonyl (C=O) groups excluding carboxylic acids is 1. The van der Waals surface area contributed by atoms with Crippen LogP contribution >= 0.6 is 0 Å². The van der Waals surface area contributed by atoms with Gasteiger partial charge in [0.2, 0.25) is 0 Å². The van der Waals surface area contributed by atoms with Gasteiger partial charge in [-0.3, -0.25) is 5.32 Å². The molecule has 1 N–H and O–H groups in total. The molecule has 94 valence electrons. The monoisotopic (exact) mass is 235 g/mol. The highest BCUT2D eigenvalue weighted by Gasteiger charge is 2.22. The minimum Gasteiger partial charge on any atom is -0.468 e. The second-order valence-electron chi connectivity index (χ2n) is 4.70. The summed E-state index contributed by atoms with van der Waals surface area (Å²) in [7, 11) is 1.42. The lowest BCUT2D eigenvalue weighted by Gasteiger charge is -2.20. The SMILES string of the molecule is COC(=O)C(NC(C)C)c1cc(C)cc(C)c1. The molecule has 1 rings (SSSR count). The molecule has 0 aliphatic carbocycles. The first-order valence-corrected chi connectivity index (χ1v) is 5.86. The van der Waals surface area contributed by atoms with Gasteiger partial charge < -0.3 is 4.74 Å². The van der Waals surface area contributed by atoms with E-state index < -0.39 is 6.04 Å². The average Bonchev–Trinajstić information content (AvgIpc) is 2.23. The number of nitrogens with one attached hydrogen (secondary N) is 1. The Morgan fingerprint density at radius 1 is 1.18 bits per heavy atom. The van der Waals surface area contributed by atoms with Crippen LogP contribution in [0.15, 0.2) is 18.2 Å². The molecule has 3 heteroatoms. The number of hydrogen-bond acceptors (Lipinski definition) is 3. The van der Waals surface area contributed by atoms with Gasteiger partial charge in [0.25, 0.3) is 0 Å². The van der Waals surface area contributed by atoms with Crippen molar-refractivity contribution in [3.05, 3.63) is 34.9 Å². The Kier molecular flexibility index (Phi) is 4.70. The number of rotatable bonds is 4. The van der Waals surface area contributed by atoms with Gasteiger partial charge in [-0.05, 0) is 33.3 Å². The highest BCUT2D eigenvalue weighted by atomic mass is 16.5. The van der Waals surface area contributed by atoms with Crippen molar-refractivity contribution in [3.8, 4) is 0 Å². The highest BCUT2D eigenvalue weighted by Crippen LogP contribution is 2.19. The van der Waals surface area contributed by atoms with Gasteiger partial charge in [0.15, 0.2) is 0 Å². The van der Waals surface area contributed by atoms with Gasteiger partial charge in [-0.1, -0.05) is 29.3 Å². The van der Waals surface area contributed by atoms with E-state index in [-0.39, 0.29) is 12.0 Å². The Hall–Kier alpha value is -1.35. The van der Waals surface area contributed by atoms with E-state index in [4.69, 9.17) is 4.74 Å². The molecule has 0 saturated carbocycles. The van der Waals surface area contributed by atoms with E-state index in [1.54, 1.807) is 0 Å². The normalized spacial score (nSPS) is 12.6. The molecule has 0 fully saturated rings. The number of methoxy groups -OCH3 is 1. The van der Waals surface area contributed by atoms with Crippen LogP contribution in [0.1, 0.15) is 36.6 Å². The van der Waals surface area contributed by atoms with Crippen molar-refractivity contribution in [2.45, 2.75) is 39.8 Å². The van der Waals surface area contributed by atoms with Crippen LogP contribution in [0.25, 0.3) is 0 Å². The molecule has 1 unspecified atom stereocenters. The average molecular weight is 235 g/mol. The molecule has 0 heterocycles. The minimum absolute atomic E-state index is 0.222. The molecule has 0 aliphatic heterocycles. The molecule has 0 saturated heterocycles. The number of aryl methyl sites for hydroxylation is 2. The largest absolute Gasteiger partial charge is 0.468 e. The molecule has 0 spiro atoms. The minimum atomic E-state index is -0.390. The van der Waals surface area contributed by atoms with Crippen LogP contribution in [0.5, 0.6) is 0 Å². The molecule has 1 atom stereocenters. The molecule has 1 aromatic rings. The molecular weight excluding hydrogens is 214 g/mol. The summed E-state index contributed by atoms with van der Waals surface area (Å²) in [5.41, 5.74) is 3.27. The number of ether oxygens (including phenoxy) is 1. The fourth-order valence-corrected chi connectivity index (χ4v) is 1.93. The van der Waals surface area contributed by atoms with Gasteiger partial charge in [-0.25, -0.2) is 4.79 Å². The number of carbonyl (C=O) groups is 1. The predicted molar refractivity (Wildman–Crippen MR) is 68.9 cm³/mol. The summed E-state index contributed by atoms with van der Waals surface area (Å²) < 4.78 is 4.85. The number of esters is 1. The smallest absolute Gasteiger partial charge is 0.327 e. The van der Waals surface area contributed by atoms with E-state index in [0.29, 0.717) is 0 Å². The molecule has 3 nitrogen and oxygen atoms in total. The summed E-state index contributed by atoms with van der Waals surface area (Å²) in [6.45, 7) is 8.08. The topological polar surface area (TPSA) is 38.3 Å². The van der Waals surface area contributed by atoms with Gasteiger partial charge in [0.1, 0.15) is 6.04 Å².